The Morgan fingerprint density at radius 1 is 0.895 bits per heavy atom. The molecule has 0 spiro atoms. The fourth-order valence-corrected chi connectivity index (χ4v) is 3.06. The van der Waals surface area contributed by atoms with E-state index in [4.69, 9.17) is 4.74 Å². The van der Waals surface area contributed by atoms with E-state index < -0.39 is 46.8 Å². The molecule has 202 valence electrons. The summed E-state index contributed by atoms with van der Waals surface area (Å²) in [6, 6.07) is 7.66. The van der Waals surface area contributed by atoms with E-state index in [-0.39, 0.29) is 29.8 Å². The summed E-state index contributed by atoms with van der Waals surface area (Å²) < 4.78 is 102. The summed E-state index contributed by atoms with van der Waals surface area (Å²) in [5, 5.41) is 6.52. The Labute approximate surface area is 211 Å². The lowest BCUT2D eigenvalue weighted by molar-refractivity contribution is -0.308. The first-order valence-corrected chi connectivity index (χ1v) is 10.6. The Bertz CT molecular complexity index is 1350. The predicted molar refractivity (Wildman–Crippen MR) is 123 cm³/mol. The molecular weight excluding hydrogens is 525 g/mol. The van der Waals surface area contributed by atoms with Crippen molar-refractivity contribution in [3.05, 3.63) is 77.9 Å². The van der Waals surface area contributed by atoms with Crippen LogP contribution >= 0.6 is 0 Å². The van der Waals surface area contributed by atoms with E-state index in [0.717, 1.165) is 24.3 Å². The maximum absolute atomic E-state index is 14.5. The van der Waals surface area contributed by atoms with Gasteiger partial charge in [-0.25, -0.2) is 9.18 Å². The number of alkyl halides is 6. The monoisotopic (exact) mass is 544 g/mol. The van der Waals surface area contributed by atoms with Crippen LogP contribution in [-0.4, -0.2) is 35.8 Å². The number of hydrogen-bond acceptors (Lipinski definition) is 4. The third kappa shape index (κ3) is 5.95. The quantitative estimate of drug-likeness (QED) is 0.286. The number of nitrogens with one attached hydrogen (secondary N) is 3. The van der Waals surface area contributed by atoms with Crippen molar-refractivity contribution >= 4 is 23.3 Å². The Hall–Kier alpha value is -4.36. The number of amides is 3. The van der Waals surface area contributed by atoms with Gasteiger partial charge >= 0.3 is 23.8 Å². The second-order valence-electron chi connectivity index (χ2n) is 7.90. The smallest absolute Gasteiger partial charge is 0.375 e. The van der Waals surface area contributed by atoms with Gasteiger partial charge in [-0.05, 0) is 30.3 Å². The van der Waals surface area contributed by atoms with Crippen LogP contribution in [0.25, 0.3) is 0 Å². The van der Waals surface area contributed by atoms with E-state index in [1.807, 2.05) is 5.32 Å². The summed E-state index contributed by atoms with van der Waals surface area (Å²) in [5.41, 5.74) is -2.23. The Morgan fingerprint density at radius 3 is 2.21 bits per heavy atom. The SMILES string of the molecule is CNC(=O)c1cc(Oc2ccc(NC(=O)Nc3cccc(C(F)(F)C(F)(F)C(C)(F)F)c3)c(F)c2)ccn1. The molecule has 0 aliphatic rings. The second kappa shape index (κ2) is 10.6. The van der Waals surface area contributed by atoms with Crippen molar-refractivity contribution in [1.29, 1.82) is 0 Å². The molecule has 0 aliphatic carbocycles. The molecule has 1 aromatic heterocycles. The van der Waals surface area contributed by atoms with E-state index in [1.165, 1.54) is 31.4 Å². The van der Waals surface area contributed by atoms with Gasteiger partial charge in [0.1, 0.15) is 23.0 Å². The van der Waals surface area contributed by atoms with Crippen LogP contribution in [0, 0.1) is 5.82 Å². The Morgan fingerprint density at radius 2 is 1.58 bits per heavy atom. The minimum absolute atomic E-state index is 0.00824. The number of aromatic nitrogens is 1. The molecule has 0 fully saturated rings. The van der Waals surface area contributed by atoms with Crippen molar-refractivity contribution in [2.24, 2.45) is 0 Å². The first kappa shape index (κ1) is 28.2. The number of carbonyl (C=O) groups is 2. The second-order valence-corrected chi connectivity index (χ2v) is 7.90. The summed E-state index contributed by atoms with van der Waals surface area (Å²) in [5.74, 6) is -17.3. The molecule has 7 nitrogen and oxygen atoms in total. The van der Waals surface area contributed by atoms with Crippen molar-refractivity contribution in [2.45, 2.75) is 24.7 Å². The summed E-state index contributed by atoms with van der Waals surface area (Å²) in [6.45, 7) is -0.333. The van der Waals surface area contributed by atoms with Crippen LogP contribution in [-0.2, 0) is 5.92 Å². The van der Waals surface area contributed by atoms with E-state index in [9.17, 15) is 40.3 Å². The normalized spacial score (nSPS) is 12.0. The average molecular weight is 544 g/mol. The lowest BCUT2D eigenvalue weighted by Crippen LogP contribution is -2.50. The molecule has 2 aromatic carbocycles. The standard InChI is InChI=1S/C24H19F7N4O3/c1-22(26,27)24(30,31)23(28,29)13-4-3-5-14(10-13)34-21(37)35-18-7-6-15(11-17(18)25)38-16-8-9-33-19(12-16)20(36)32-2/h3-12H,1-2H3,(H,32,36)(H2,34,35,37). The molecule has 3 amide bonds. The van der Waals surface area contributed by atoms with Crippen LogP contribution in [0.4, 0.5) is 46.9 Å². The highest BCUT2D eigenvalue weighted by Crippen LogP contribution is 2.51. The molecule has 0 saturated heterocycles. The Balaban J connectivity index is 1.71. The van der Waals surface area contributed by atoms with Gasteiger partial charge in [-0.1, -0.05) is 12.1 Å². The topological polar surface area (TPSA) is 92.4 Å². The highest BCUT2D eigenvalue weighted by molar-refractivity contribution is 6.00. The van der Waals surface area contributed by atoms with E-state index in [2.05, 4.69) is 15.6 Å². The van der Waals surface area contributed by atoms with Gasteiger partial charge in [0.15, 0.2) is 0 Å². The molecule has 0 atom stereocenters. The molecule has 0 bridgehead atoms. The molecule has 3 N–H and O–H groups in total. The Kier molecular flexibility index (Phi) is 7.84. The largest absolute Gasteiger partial charge is 0.457 e. The summed E-state index contributed by atoms with van der Waals surface area (Å²) in [4.78, 5) is 27.8. The maximum atomic E-state index is 14.5. The van der Waals surface area contributed by atoms with E-state index in [0.29, 0.717) is 12.1 Å². The average Bonchev–Trinajstić information content (AvgIpc) is 2.84. The highest BCUT2D eigenvalue weighted by atomic mass is 19.3. The molecule has 14 heteroatoms. The minimum atomic E-state index is -5.71. The number of carbonyl (C=O) groups excluding carboxylic acids is 2. The number of halogens is 7. The minimum Gasteiger partial charge on any atom is -0.457 e. The zero-order chi connectivity index (χ0) is 28.3. The van der Waals surface area contributed by atoms with Crippen molar-refractivity contribution in [1.82, 2.24) is 10.3 Å². The first-order chi connectivity index (χ1) is 17.7. The van der Waals surface area contributed by atoms with Gasteiger partial charge in [0, 0.05) is 43.6 Å². The fraction of sp³-hybridized carbons (Fsp3) is 0.208. The fourth-order valence-electron chi connectivity index (χ4n) is 3.06. The number of benzene rings is 2. The lowest BCUT2D eigenvalue weighted by atomic mass is 9.97. The molecule has 3 aromatic rings. The van der Waals surface area contributed by atoms with Crippen LogP contribution in [0.15, 0.2) is 60.8 Å². The van der Waals surface area contributed by atoms with Gasteiger partial charge in [-0.15, -0.1) is 0 Å². The third-order valence-electron chi connectivity index (χ3n) is 5.04. The maximum Gasteiger partial charge on any atom is 0.375 e. The molecule has 0 saturated carbocycles. The van der Waals surface area contributed by atoms with Gasteiger partial charge in [0.25, 0.3) is 5.91 Å². The molecule has 38 heavy (non-hydrogen) atoms. The van der Waals surface area contributed by atoms with Crippen molar-refractivity contribution < 1.29 is 45.1 Å². The molecule has 1 heterocycles. The van der Waals surface area contributed by atoms with Crippen LogP contribution < -0.4 is 20.7 Å². The van der Waals surface area contributed by atoms with E-state index in [1.54, 1.807) is 0 Å². The summed E-state index contributed by atoms with van der Waals surface area (Å²) >= 11 is 0. The van der Waals surface area contributed by atoms with Gasteiger partial charge < -0.3 is 20.7 Å². The predicted octanol–water partition coefficient (Wildman–Crippen LogP) is 6.40. The van der Waals surface area contributed by atoms with Crippen molar-refractivity contribution in [3.8, 4) is 11.5 Å². The molecular formula is C24H19F7N4O3. The number of hydrogen-bond donors (Lipinski definition) is 3. The molecule has 0 aliphatic heterocycles. The molecule has 0 unspecified atom stereocenters. The molecule has 3 rings (SSSR count). The number of ether oxygens (including phenoxy) is 1. The number of pyridine rings is 1. The van der Waals surface area contributed by atoms with Crippen LogP contribution in [0.2, 0.25) is 0 Å². The van der Waals surface area contributed by atoms with Gasteiger partial charge in [-0.2, -0.15) is 26.3 Å². The summed E-state index contributed by atoms with van der Waals surface area (Å²) in [6.07, 6.45) is 1.30. The van der Waals surface area contributed by atoms with Crippen LogP contribution in [0.5, 0.6) is 11.5 Å². The van der Waals surface area contributed by atoms with E-state index >= 15 is 0 Å². The number of nitrogens with zero attached hydrogens (tertiary/aromatic N) is 1. The number of urea groups is 1. The van der Waals surface area contributed by atoms with Crippen LogP contribution in [0.1, 0.15) is 23.0 Å². The number of rotatable bonds is 8. The van der Waals surface area contributed by atoms with Gasteiger partial charge in [-0.3, -0.25) is 9.78 Å². The zero-order valence-corrected chi connectivity index (χ0v) is 19.6. The highest BCUT2D eigenvalue weighted by Gasteiger charge is 2.69. The molecule has 0 radical (unpaired) electrons. The van der Waals surface area contributed by atoms with Crippen molar-refractivity contribution in [3.63, 3.8) is 0 Å². The zero-order valence-electron chi connectivity index (χ0n) is 19.6. The van der Waals surface area contributed by atoms with Gasteiger partial charge in [0.05, 0.1) is 5.69 Å². The third-order valence-corrected chi connectivity index (χ3v) is 5.04. The van der Waals surface area contributed by atoms with Crippen LogP contribution in [0.3, 0.4) is 0 Å². The van der Waals surface area contributed by atoms with Gasteiger partial charge in [0.2, 0.25) is 0 Å². The first-order valence-electron chi connectivity index (χ1n) is 10.6. The number of anilines is 2. The summed E-state index contributed by atoms with van der Waals surface area (Å²) in [7, 11) is 1.41. The van der Waals surface area contributed by atoms with Crippen molar-refractivity contribution in [2.75, 3.05) is 17.7 Å². The lowest BCUT2D eigenvalue weighted by Gasteiger charge is -2.31.